The van der Waals surface area contributed by atoms with Crippen LogP contribution in [-0.4, -0.2) is 32.2 Å². The molecule has 1 aliphatic rings. The van der Waals surface area contributed by atoms with Gasteiger partial charge < -0.3 is 18.9 Å². The summed E-state index contributed by atoms with van der Waals surface area (Å²) in [6.07, 6.45) is -0.441. The zero-order valence-corrected chi connectivity index (χ0v) is 13.4. The molecule has 0 unspecified atom stereocenters. The molecule has 0 spiro atoms. The van der Waals surface area contributed by atoms with Gasteiger partial charge in [-0.2, -0.15) is 0 Å². The van der Waals surface area contributed by atoms with Crippen molar-refractivity contribution >= 4 is 11.6 Å². The van der Waals surface area contributed by atoms with Gasteiger partial charge in [0.2, 0.25) is 0 Å². The molecule has 23 heavy (non-hydrogen) atoms. The molecule has 0 saturated carbocycles. The van der Waals surface area contributed by atoms with Crippen LogP contribution in [0.5, 0.6) is 5.75 Å². The zero-order valence-electron chi connectivity index (χ0n) is 12.7. The minimum absolute atomic E-state index is 0.0578. The van der Waals surface area contributed by atoms with Crippen molar-refractivity contribution in [3.63, 3.8) is 0 Å². The Labute approximate surface area is 140 Å². The Morgan fingerprint density at radius 1 is 1.00 bits per heavy atom. The Morgan fingerprint density at radius 2 is 1.78 bits per heavy atom. The van der Waals surface area contributed by atoms with Crippen LogP contribution in [0.25, 0.3) is 0 Å². The van der Waals surface area contributed by atoms with Crippen molar-refractivity contribution in [1.82, 2.24) is 0 Å². The molecule has 5 heteroatoms. The summed E-state index contributed by atoms with van der Waals surface area (Å²) in [5.41, 5.74) is 1.14. The SMILES string of the molecule is Clc1cccc(OCC2OCC(OCc3ccccc3)CO2)c1. The lowest BCUT2D eigenvalue weighted by molar-refractivity contribution is -0.236. The molecule has 1 aliphatic heterocycles. The van der Waals surface area contributed by atoms with Crippen molar-refractivity contribution < 1.29 is 18.9 Å². The average molecular weight is 335 g/mol. The van der Waals surface area contributed by atoms with E-state index in [1.807, 2.05) is 42.5 Å². The first kappa shape index (κ1) is 16.3. The highest BCUT2D eigenvalue weighted by molar-refractivity contribution is 6.30. The summed E-state index contributed by atoms with van der Waals surface area (Å²) in [5.74, 6) is 0.701. The molecule has 0 bridgehead atoms. The van der Waals surface area contributed by atoms with Crippen LogP contribution >= 0.6 is 11.6 Å². The van der Waals surface area contributed by atoms with E-state index >= 15 is 0 Å². The molecule has 0 aromatic heterocycles. The number of halogens is 1. The van der Waals surface area contributed by atoms with Crippen molar-refractivity contribution in [2.45, 2.75) is 19.0 Å². The molecule has 0 radical (unpaired) electrons. The van der Waals surface area contributed by atoms with E-state index in [2.05, 4.69) is 0 Å². The van der Waals surface area contributed by atoms with Crippen LogP contribution in [0.3, 0.4) is 0 Å². The van der Waals surface area contributed by atoms with Crippen molar-refractivity contribution in [1.29, 1.82) is 0 Å². The van der Waals surface area contributed by atoms with Crippen LogP contribution in [-0.2, 0) is 20.8 Å². The van der Waals surface area contributed by atoms with Gasteiger partial charge in [0.05, 0.1) is 19.8 Å². The molecule has 0 amide bonds. The maximum atomic E-state index is 5.91. The Balaban J connectivity index is 1.37. The molecule has 1 fully saturated rings. The Bertz CT molecular complexity index is 597. The van der Waals surface area contributed by atoms with Crippen molar-refractivity contribution in [3.05, 3.63) is 65.2 Å². The van der Waals surface area contributed by atoms with Crippen LogP contribution < -0.4 is 4.74 Å². The van der Waals surface area contributed by atoms with Gasteiger partial charge in [-0.15, -0.1) is 0 Å². The van der Waals surface area contributed by atoms with Crippen molar-refractivity contribution in [3.8, 4) is 5.75 Å². The maximum absolute atomic E-state index is 5.91. The fraction of sp³-hybridized carbons (Fsp3) is 0.333. The highest BCUT2D eigenvalue weighted by atomic mass is 35.5. The lowest BCUT2D eigenvalue weighted by Gasteiger charge is -2.29. The van der Waals surface area contributed by atoms with Gasteiger partial charge in [-0.1, -0.05) is 48.0 Å². The van der Waals surface area contributed by atoms with Gasteiger partial charge in [0.15, 0.2) is 6.29 Å². The van der Waals surface area contributed by atoms with E-state index in [1.54, 1.807) is 12.1 Å². The third-order valence-electron chi connectivity index (χ3n) is 3.45. The predicted octanol–water partition coefficient (Wildman–Crippen LogP) is 3.68. The largest absolute Gasteiger partial charge is 0.488 e. The minimum atomic E-state index is -0.384. The molecule has 3 rings (SSSR count). The van der Waals surface area contributed by atoms with Crippen LogP contribution in [0.15, 0.2) is 54.6 Å². The molecule has 1 heterocycles. The van der Waals surface area contributed by atoms with Crippen LogP contribution in [0.1, 0.15) is 5.56 Å². The summed E-state index contributed by atoms with van der Waals surface area (Å²) in [7, 11) is 0. The Morgan fingerprint density at radius 3 is 2.52 bits per heavy atom. The number of hydrogen-bond donors (Lipinski definition) is 0. The monoisotopic (exact) mass is 334 g/mol. The van der Waals surface area contributed by atoms with Gasteiger partial charge in [0, 0.05) is 5.02 Å². The summed E-state index contributed by atoms with van der Waals surface area (Å²) in [5, 5.41) is 0.641. The molecule has 0 aliphatic carbocycles. The van der Waals surface area contributed by atoms with Gasteiger partial charge in [-0.25, -0.2) is 0 Å². The van der Waals surface area contributed by atoms with E-state index in [-0.39, 0.29) is 12.4 Å². The number of ether oxygens (including phenoxy) is 4. The Kier molecular flexibility index (Phi) is 5.88. The topological polar surface area (TPSA) is 36.9 Å². The first-order valence-corrected chi connectivity index (χ1v) is 7.94. The number of benzene rings is 2. The standard InChI is InChI=1S/C18H19ClO4/c19-15-7-4-8-16(9-15)21-13-18-22-11-17(12-23-18)20-10-14-5-2-1-3-6-14/h1-9,17-18H,10-13H2. The Hall–Kier alpha value is -1.59. The van der Waals surface area contributed by atoms with E-state index in [0.29, 0.717) is 37.2 Å². The summed E-state index contributed by atoms with van der Waals surface area (Å²) in [6, 6.07) is 17.3. The maximum Gasteiger partial charge on any atom is 0.191 e. The molecule has 2 aromatic carbocycles. The molecule has 0 N–H and O–H groups in total. The molecule has 122 valence electrons. The first-order chi connectivity index (χ1) is 11.3. The van der Waals surface area contributed by atoms with Gasteiger partial charge in [-0.3, -0.25) is 0 Å². The fourth-order valence-corrected chi connectivity index (χ4v) is 2.41. The second-order valence-electron chi connectivity index (χ2n) is 5.28. The second-order valence-corrected chi connectivity index (χ2v) is 5.72. The molecule has 0 atom stereocenters. The van der Waals surface area contributed by atoms with Gasteiger partial charge in [-0.05, 0) is 23.8 Å². The quantitative estimate of drug-likeness (QED) is 0.807. The van der Waals surface area contributed by atoms with Gasteiger partial charge in [0.1, 0.15) is 18.5 Å². The van der Waals surface area contributed by atoms with Crippen molar-refractivity contribution in [2.75, 3.05) is 19.8 Å². The van der Waals surface area contributed by atoms with E-state index in [0.717, 1.165) is 5.56 Å². The lowest BCUT2D eigenvalue weighted by Crippen LogP contribution is -2.40. The summed E-state index contributed by atoms with van der Waals surface area (Å²) >= 11 is 5.91. The van der Waals surface area contributed by atoms with E-state index in [1.165, 1.54) is 0 Å². The highest BCUT2D eigenvalue weighted by Gasteiger charge is 2.23. The molecule has 1 saturated heterocycles. The summed E-state index contributed by atoms with van der Waals surface area (Å²) in [4.78, 5) is 0. The molecule has 4 nitrogen and oxygen atoms in total. The molecular weight excluding hydrogens is 316 g/mol. The summed E-state index contributed by atoms with van der Waals surface area (Å²) in [6.45, 7) is 1.88. The van der Waals surface area contributed by atoms with E-state index in [9.17, 15) is 0 Å². The number of hydrogen-bond acceptors (Lipinski definition) is 4. The van der Waals surface area contributed by atoms with Gasteiger partial charge >= 0.3 is 0 Å². The predicted molar refractivity (Wildman–Crippen MR) is 87.7 cm³/mol. The smallest absolute Gasteiger partial charge is 0.191 e. The molecular formula is C18H19ClO4. The lowest BCUT2D eigenvalue weighted by atomic mass is 10.2. The second kappa shape index (κ2) is 8.31. The third-order valence-corrected chi connectivity index (χ3v) is 3.68. The zero-order chi connectivity index (χ0) is 15.9. The number of rotatable bonds is 6. The molecule has 2 aromatic rings. The third kappa shape index (κ3) is 5.22. The highest BCUT2D eigenvalue weighted by Crippen LogP contribution is 2.18. The van der Waals surface area contributed by atoms with Crippen LogP contribution in [0.4, 0.5) is 0 Å². The normalized spacial score (nSPS) is 21.1. The van der Waals surface area contributed by atoms with Gasteiger partial charge in [0.25, 0.3) is 0 Å². The van der Waals surface area contributed by atoms with E-state index in [4.69, 9.17) is 30.5 Å². The van der Waals surface area contributed by atoms with Crippen LogP contribution in [0, 0.1) is 0 Å². The average Bonchev–Trinajstić information content (AvgIpc) is 2.60. The van der Waals surface area contributed by atoms with E-state index < -0.39 is 0 Å². The fourth-order valence-electron chi connectivity index (χ4n) is 2.23. The minimum Gasteiger partial charge on any atom is -0.488 e. The first-order valence-electron chi connectivity index (χ1n) is 7.57. The van der Waals surface area contributed by atoms with Crippen LogP contribution in [0.2, 0.25) is 5.02 Å². The summed E-state index contributed by atoms with van der Waals surface area (Å²) < 4.78 is 22.7. The van der Waals surface area contributed by atoms with Crippen molar-refractivity contribution in [2.24, 2.45) is 0 Å².